The van der Waals surface area contributed by atoms with E-state index in [-0.39, 0.29) is 17.9 Å². The number of halogens is 2. The number of hydrogen-bond donors (Lipinski definition) is 1. The van der Waals surface area contributed by atoms with Crippen LogP contribution in [0.3, 0.4) is 0 Å². The number of rotatable bonds is 4. The van der Waals surface area contributed by atoms with Crippen LogP contribution in [-0.4, -0.2) is 56.0 Å². The third-order valence-corrected chi connectivity index (χ3v) is 7.56. The van der Waals surface area contributed by atoms with Crippen molar-refractivity contribution in [2.75, 3.05) is 30.4 Å². The molecule has 3 aliphatic rings. The molecule has 166 valence electrons. The van der Waals surface area contributed by atoms with Crippen LogP contribution >= 0.6 is 34.2 Å². The molecule has 1 fully saturated rings. The first-order valence-corrected chi connectivity index (χ1v) is 12.1. The summed E-state index contributed by atoms with van der Waals surface area (Å²) in [5.74, 6) is 1.21. The maximum absolute atomic E-state index is 12.8. The fourth-order valence-electron chi connectivity index (χ4n) is 4.24. The van der Waals surface area contributed by atoms with Crippen LogP contribution in [0.1, 0.15) is 18.4 Å². The Kier molecular flexibility index (Phi) is 5.93. The molecule has 5 rings (SSSR count). The van der Waals surface area contributed by atoms with Crippen molar-refractivity contribution in [3.8, 4) is 0 Å². The first-order valence-electron chi connectivity index (χ1n) is 10.5. The van der Waals surface area contributed by atoms with E-state index in [0.29, 0.717) is 31.9 Å². The summed E-state index contributed by atoms with van der Waals surface area (Å²) in [5, 5.41) is 7.54. The Labute approximate surface area is 204 Å². The van der Waals surface area contributed by atoms with Crippen molar-refractivity contribution in [3.05, 3.63) is 59.2 Å². The highest BCUT2D eigenvalue weighted by Crippen LogP contribution is 2.33. The first-order chi connectivity index (χ1) is 15.5. The molecule has 10 heteroatoms. The van der Waals surface area contributed by atoms with Crippen LogP contribution in [0.4, 0.5) is 11.8 Å². The van der Waals surface area contributed by atoms with Gasteiger partial charge in [-0.15, -0.1) is 0 Å². The lowest BCUT2D eigenvalue weighted by molar-refractivity contribution is -0.126. The summed E-state index contributed by atoms with van der Waals surface area (Å²) in [4.78, 5) is 25.9. The third kappa shape index (κ3) is 4.15. The van der Waals surface area contributed by atoms with E-state index in [1.165, 1.54) is 6.26 Å². The molecule has 4 heterocycles. The van der Waals surface area contributed by atoms with Gasteiger partial charge in [-0.1, -0.05) is 57.6 Å². The van der Waals surface area contributed by atoms with Gasteiger partial charge in [0, 0.05) is 46.8 Å². The summed E-state index contributed by atoms with van der Waals surface area (Å²) in [5.41, 5.74) is 2.13. The fraction of sp³-hybridized carbons (Fsp3) is 0.364. The van der Waals surface area contributed by atoms with E-state index in [9.17, 15) is 4.79 Å². The molecule has 1 aliphatic carbocycles. The standard InChI is InChI=1S/C22H22ClIN6O2/c1-29-19-3-2-16(8-13(19)9-17(21(29)31)14-10-26-32-12-14)27-20-18(23)11-25-22(28-20)30-6-4-15(24)5-7-30/h2-3,8-13,15,19H,4-7H2,1H3,(H,25,27,28). The smallest absolute Gasteiger partial charge is 0.254 e. The number of piperidine rings is 1. The topological polar surface area (TPSA) is 87.4 Å². The number of amides is 1. The van der Waals surface area contributed by atoms with Gasteiger partial charge in [-0.3, -0.25) is 4.79 Å². The third-order valence-electron chi connectivity index (χ3n) is 6.04. The summed E-state index contributed by atoms with van der Waals surface area (Å²) < 4.78 is 5.64. The molecule has 2 aromatic heterocycles. The number of aromatic nitrogens is 3. The fourth-order valence-corrected chi connectivity index (χ4v) is 4.93. The van der Waals surface area contributed by atoms with Gasteiger partial charge in [0.05, 0.1) is 18.4 Å². The lowest BCUT2D eigenvalue weighted by Gasteiger charge is -2.37. The minimum absolute atomic E-state index is 0.00198. The molecule has 1 saturated heterocycles. The van der Waals surface area contributed by atoms with Crippen molar-refractivity contribution in [3.63, 3.8) is 0 Å². The number of alkyl halides is 1. The Morgan fingerprint density at radius 3 is 2.81 bits per heavy atom. The van der Waals surface area contributed by atoms with Crippen molar-refractivity contribution in [1.82, 2.24) is 20.0 Å². The van der Waals surface area contributed by atoms with Crippen LogP contribution in [0.25, 0.3) is 5.57 Å². The average molecular weight is 565 g/mol. The first kappa shape index (κ1) is 21.4. The van der Waals surface area contributed by atoms with Crippen LogP contribution in [-0.2, 0) is 4.79 Å². The molecule has 2 aliphatic heterocycles. The normalized spacial score (nSPS) is 23.7. The second-order valence-electron chi connectivity index (χ2n) is 8.11. The van der Waals surface area contributed by atoms with Crippen LogP contribution in [0.5, 0.6) is 0 Å². The van der Waals surface area contributed by atoms with Gasteiger partial charge in [0.2, 0.25) is 5.95 Å². The Morgan fingerprint density at radius 2 is 2.06 bits per heavy atom. The van der Waals surface area contributed by atoms with Gasteiger partial charge in [-0.2, -0.15) is 4.98 Å². The Morgan fingerprint density at radius 1 is 1.25 bits per heavy atom. The molecule has 0 saturated carbocycles. The van der Waals surface area contributed by atoms with E-state index in [1.54, 1.807) is 17.3 Å². The number of likely N-dealkylation sites (N-methyl/N-ethyl adjacent to an activating group) is 1. The molecule has 2 atom stereocenters. The summed E-state index contributed by atoms with van der Waals surface area (Å²) in [7, 11) is 1.81. The van der Waals surface area contributed by atoms with Gasteiger partial charge < -0.3 is 19.6 Å². The van der Waals surface area contributed by atoms with Crippen LogP contribution < -0.4 is 10.2 Å². The summed E-state index contributed by atoms with van der Waals surface area (Å²) in [6.07, 6.45) is 15.0. The zero-order valence-corrected chi connectivity index (χ0v) is 20.3. The molecule has 1 amide bonds. The highest BCUT2D eigenvalue weighted by Gasteiger charge is 2.34. The number of anilines is 2. The van der Waals surface area contributed by atoms with Gasteiger partial charge in [-0.05, 0) is 18.9 Å². The van der Waals surface area contributed by atoms with Crippen LogP contribution in [0, 0.1) is 5.92 Å². The van der Waals surface area contributed by atoms with E-state index in [2.05, 4.69) is 49.0 Å². The SMILES string of the molecule is CN1C(=O)C(c2cnoc2)=CC2C=C(Nc3nc(N4CCC(I)CC4)ncc3Cl)C=CC21. The number of allylic oxidation sites excluding steroid dienone is 1. The molecule has 1 N–H and O–H groups in total. The predicted octanol–water partition coefficient (Wildman–Crippen LogP) is 3.93. The largest absolute Gasteiger partial charge is 0.364 e. The Bertz CT molecular complexity index is 1110. The monoisotopic (exact) mass is 564 g/mol. The van der Waals surface area contributed by atoms with Gasteiger partial charge in [0.1, 0.15) is 11.3 Å². The molecule has 0 bridgehead atoms. The van der Waals surface area contributed by atoms with E-state index < -0.39 is 0 Å². The summed E-state index contributed by atoms with van der Waals surface area (Å²) >= 11 is 8.91. The molecule has 8 nitrogen and oxygen atoms in total. The van der Waals surface area contributed by atoms with E-state index >= 15 is 0 Å². The van der Waals surface area contributed by atoms with Crippen molar-refractivity contribution < 1.29 is 9.32 Å². The van der Waals surface area contributed by atoms with Crippen LogP contribution in [0.2, 0.25) is 5.02 Å². The minimum Gasteiger partial charge on any atom is -0.364 e. The zero-order chi connectivity index (χ0) is 22.2. The Hall–Kier alpha value is -2.40. The highest BCUT2D eigenvalue weighted by molar-refractivity contribution is 14.1. The maximum atomic E-state index is 12.8. The van der Waals surface area contributed by atoms with Crippen molar-refractivity contribution in [1.29, 1.82) is 0 Å². The molecule has 2 unspecified atom stereocenters. The molecule has 32 heavy (non-hydrogen) atoms. The van der Waals surface area contributed by atoms with Gasteiger partial charge in [0.25, 0.3) is 5.91 Å². The van der Waals surface area contributed by atoms with Gasteiger partial charge in [0.15, 0.2) is 5.82 Å². The molecular formula is C22H22ClIN6O2. The van der Waals surface area contributed by atoms with Crippen LogP contribution in [0.15, 0.2) is 53.2 Å². The number of hydrogen-bond acceptors (Lipinski definition) is 7. The average Bonchev–Trinajstić information content (AvgIpc) is 3.33. The number of fused-ring (bicyclic) bond motifs is 1. The van der Waals surface area contributed by atoms with E-state index in [4.69, 9.17) is 21.1 Å². The number of carbonyl (C=O) groups is 1. The molecule has 0 spiro atoms. The van der Waals surface area contributed by atoms with E-state index in [0.717, 1.165) is 31.6 Å². The zero-order valence-electron chi connectivity index (χ0n) is 17.4. The summed E-state index contributed by atoms with van der Waals surface area (Å²) in [6.45, 7) is 1.88. The molecule has 0 aromatic carbocycles. The Balaban J connectivity index is 1.39. The maximum Gasteiger partial charge on any atom is 0.254 e. The highest BCUT2D eigenvalue weighted by atomic mass is 127. The van der Waals surface area contributed by atoms with Gasteiger partial charge >= 0.3 is 0 Å². The molecule has 0 radical (unpaired) electrons. The number of nitrogens with one attached hydrogen (secondary N) is 1. The van der Waals surface area contributed by atoms with Crippen molar-refractivity contribution in [2.24, 2.45) is 5.92 Å². The van der Waals surface area contributed by atoms with Gasteiger partial charge in [-0.25, -0.2) is 4.98 Å². The molecule has 2 aromatic rings. The predicted molar refractivity (Wildman–Crippen MR) is 132 cm³/mol. The van der Waals surface area contributed by atoms with Crippen molar-refractivity contribution >= 4 is 57.4 Å². The minimum atomic E-state index is -0.0531. The second-order valence-corrected chi connectivity index (χ2v) is 10.3. The lowest BCUT2D eigenvalue weighted by Crippen LogP contribution is -2.44. The number of carbonyl (C=O) groups excluding carboxylic acids is 1. The second kappa shape index (κ2) is 8.86. The number of nitrogens with zero attached hydrogens (tertiary/aromatic N) is 5. The quantitative estimate of drug-likeness (QED) is 0.445. The molecular weight excluding hydrogens is 543 g/mol. The summed E-state index contributed by atoms with van der Waals surface area (Å²) in [6, 6.07) is -0.0531. The van der Waals surface area contributed by atoms with E-state index in [1.807, 2.05) is 25.3 Å². The van der Waals surface area contributed by atoms with Crippen molar-refractivity contribution in [2.45, 2.75) is 22.8 Å². The lowest BCUT2D eigenvalue weighted by atomic mass is 9.85.